The summed E-state index contributed by atoms with van der Waals surface area (Å²) in [5.41, 5.74) is 3.35. The molecule has 0 aliphatic carbocycles. The number of esters is 1. The van der Waals surface area contributed by atoms with E-state index in [0.717, 1.165) is 10.9 Å². The quantitative estimate of drug-likeness (QED) is 0.166. The highest BCUT2D eigenvalue weighted by molar-refractivity contribution is 7.52. The maximum Gasteiger partial charge on any atom is 0.459 e. The summed E-state index contributed by atoms with van der Waals surface area (Å²) in [6.07, 6.45) is -5.29. The van der Waals surface area contributed by atoms with Crippen molar-refractivity contribution in [1.82, 2.24) is 24.6 Å². The Hall–Kier alpha value is -2.94. The van der Waals surface area contributed by atoms with Gasteiger partial charge in [-0.25, -0.2) is 18.3 Å². The Kier molecular flexibility index (Phi) is 8.93. The summed E-state index contributed by atoms with van der Waals surface area (Å²) in [5.74, 6) is -0.905. The summed E-state index contributed by atoms with van der Waals surface area (Å²) < 4.78 is 66.6. The smallest absolute Gasteiger partial charge is 0.459 e. The first-order chi connectivity index (χ1) is 18.9. The zero-order valence-electron chi connectivity index (χ0n) is 21.6. The average molecular weight is 605 g/mol. The van der Waals surface area contributed by atoms with Gasteiger partial charge in [-0.2, -0.15) is 15.1 Å². The summed E-state index contributed by atoms with van der Waals surface area (Å²) in [4.78, 5) is 24.1. The van der Waals surface area contributed by atoms with Crippen molar-refractivity contribution in [2.24, 2.45) is 0 Å². The second-order valence-electron chi connectivity index (χ2n) is 9.30. The zero-order valence-corrected chi connectivity index (χ0v) is 23.3. The van der Waals surface area contributed by atoms with Crippen LogP contribution in [0.4, 0.5) is 14.7 Å². The van der Waals surface area contributed by atoms with Crippen LogP contribution in [0.3, 0.4) is 0 Å². The van der Waals surface area contributed by atoms with Crippen LogP contribution in [0.1, 0.15) is 27.0 Å². The first-order valence-corrected chi connectivity index (χ1v) is 14.0. The van der Waals surface area contributed by atoms with E-state index in [-0.39, 0.29) is 28.0 Å². The minimum Gasteiger partial charge on any atom is -0.462 e. The molecule has 1 aliphatic rings. The van der Waals surface area contributed by atoms with Crippen LogP contribution < -0.4 is 15.3 Å². The van der Waals surface area contributed by atoms with E-state index in [1.807, 2.05) is 0 Å². The fraction of sp³-hybridized carbons (Fsp3) is 0.478. The van der Waals surface area contributed by atoms with Crippen molar-refractivity contribution in [1.29, 1.82) is 0 Å². The number of aromatic nitrogens is 4. The molecule has 0 bridgehead atoms. The lowest BCUT2D eigenvalue weighted by Crippen LogP contribution is -2.48. The molecule has 1 fully saturated rings. The van der Waals surface area contributed by atoms with Gasteiger partial charge >= 0.3 is 13.7 Å². The Morgan fingerprint density at radius 3 is 2.67 bits per heavy atom. The van der Waals surface area contributed by atoms with E-state index in [4.69, 9.17) is 35.9 Å². The molecule has 1 aromatic carbocycles. The van der Waals surface area contributed by atoms with Crippen LogP contribution in [-0.2, 0) is 23.4 Å². The first kappa shape index (κ1) is 30.0. The van der Waals surface area contributed by atoms with E-state index < -0.39 is 63.2 Å². The number of anilines is 1. The van der Waals surface area contributed by atoms with Crippen molar-refractivity contribution in [3.05, 3.63) is 41.8 Å². The highest BCUT2D eigenvalue weighted by Gasteiger charge is 2.58. The molecule has 1 saturated heterocycles. The molecule has 1 unspecified atom stereocenters. The SMILES string of the molecule is CC(C)OC(=O)[C@@H](C)NP(=O)(OC[C@@]1(CF)O[C@@H](n2cnc3c(Cl)nc(N)nc32)[C@@H](F)[C@@H]1O)Oc1ccccc1. The number of ether oxygens (including phenoxy) is 2. The Labute approximate surface area is 232 Å². The first-order valence-electron chi connectivity index (χ1n) is 12.1. The van der Waals surface area contributed by atoms with Crippen LogP contribution in [-0.4, -0.2) is 73.9 Å². The van der Waals surface area contributed by atoms with Crippen LogP contribution in [0, 0.1) is 0 Å². The number of rotatable bonds is 11. The van der Waals surface area contributed by atoms with Crippen molar-refractivity contribution >= 4 is 42.4 Å². The van der Waals surface area contributed by atoms with E-state index in [0.29, 0.717) is 0 Å². The Morgan fingerprint density at radius 1 is 1.32 bits per heavy atom. The number of hydrogen-bond donors (Lipinski definition) is 3. The second kappa shape index (κ2) is 11.9. The monoisotopic (exact) mass is 604 g/mol. The molecule has 4 N–H and O–H groups in total. The lowest BCUT2D eigenvalue weighted by Gasteiger charge is -2.31. The molecule has 2 aromatic heterocycles. The van der Waals surface area contributed by atoms with Gasteiger partial charge in [-0.3, -0.25) is 13.9 Å². The Bertz CT molecular complexity index is 1400. The predicted octanol–water partition coefficient (Wildman–Crippen LogP) is 3.13. The van der Waals surface area contributed by atoms with Crippen LogP contribution in [0.2, 0.25) is 5.15 Å². The van der Waals surface area contributed by atoms with Gasteiger partial charge in [0, 0.05) is 0 Å². The number of aliphatic hydroxyl groups excluding tert-OH is 1. The van der Waals surface area contributed by atoms with Crippen LogP contribution in [0.15, 0.2) is 36.7 Å². The minimum absolute atomic E-state index is 0.0230. The number of alkyl halides is 2. The molecule has 6 atom stereocenters. The van der Waals surface area contributed by atoms with Gasteiger partial charge in [0.15, 0.2) is 28.8 Å². The largest absolute Gasteiger partial charge is 0.462 e. The molecule has 17 heteroatoms. The number of imidazole rings is 1. The molecule has 0 amide bonds. The van der Waals surface area contributed by atoms with Gasteiger partial charge in [-0.15, -0.1) is 0 Å². The van der Waals surface area contributed by atoms with Crippen LogP contribution in [0.25, 0.3) is 11.2 Å². The highest BCUT2D eigenvalue weighted by atomic mass is 35.5. The molecule has 0 spiro atoms. The number of fused-ring (bicyclic) bond motifs is 1. The number of para-hydroxylation sites is 1. The summed E-state index contributed by atoms with van der Waals surface area (Å²) in [6, 6.07) is 6.62. The minimum atomic E-state index is -4.49. The van der Waals surface area contributed by atoms with E-state index in [1.54, 1.807) is 32.0 Å². The number of carbonyl (C=O) groups excluding carboxylic acids is 1. The van der Waals surface area contributed by atoms with Gasteiger partial charge < -0.3 is 24.8 Å². The third-order valence-electron chi connectivity index (χ3n) is 5.87. The molecule has 4 rings (SSSR count). The number of benzene rings is 1. The number of nitrogens with zero attached hydrogens (tertiary/aromatic N) is 4. The number of nitrogens with two attached hydrogens (primary N) is 1. The summed E-state index contributed by atoms with van der Waals surface area (Å²) >= 11 is 6.03. The topological polar surface area (TPSA) is 173 Å². The van der Waals surface area contributed by atoms with Crippen molar-refractivity contribution in [3.63, 3.8) is 0 Å². The molecule has 0 radical (unpaired) electrons. The maximum absolute atomic E-state index is 15.4. The number of hydrogen-bond acceptors (Lipinski definition) is 11. The lowest BCUT2D eigenvalue weighted by molar-refractivity contribution is -0.149. The van der Waals surface area contributed by atoms with Gasteiger partial charge in [0.25, 0.3) is 0 Å². The van der Waals surface area contributed by atoms with Gasteiger partial charge in [-0.05, 0) is 32.9 Å². The molecule has 1 aliphatic heterocycles. The lowest BCUT2D eigenvalue weighted by atomic mass is 9.98. The second-order valence-corrected chi connectivity index (χ2v) is 11.4. The third kappa shape index (κ3) is 6.19. The molecule has 13 nitrogen and oxygen atoms in total. The van der Waals surface area contributed by atoms with Gasteiger partial charge in [0.1, 0.15) is 30.1 Å². The van der Waals surface area contributed by atoms with E-state index in [2.05, 4.69) is 20.0 Å². The maximum atomic E-state index is 15.4. The molecule has 40 heavy (non-hydrogen) atoms. The predicted molar refractivity (Wildman–Crippen MR) is 139 cm³/mol. The van der Waals surface area contributed by atoms with E-state index >= 15 is 4.39 Å². The number of nitrogens with one attached hydrogen (secondary N) is 1. The zero-order chi connectivity index (χ0) is 29.2. The Balaban J connectivity index is 1.60. The molecular weight excluding hydrogens is 577 g/mol. The van der Waals surface area contributed by atoms with E-state index in [1.165, 1.54) is 19.1 Å². The summed E-state index contributed by atoms with van der Waals surface area (Å²) in [7, 11) is -4.49. The summed E-state index contributed by atoms with van der Waals surface area (Å²) in [5, 5.41) is 13.1. The fourth-order valence-electron chi connectivity index (χ4n) is 3.91. The fourth-order valence-corrected chi connectivity index (χ4v) is 5.68. The number of nitrogen functional groups attached to an aromatic ring is 1. The van der Waals surface area contributed by atoms with Crippen LogP contribution in [0.5, 0.6) is 5.75 Å². The van der Waals surface area contributed by atoms with Crippen LogP contribution >= 0.6 is 19.3 Å². The van der Waals surface area contributed by atoms with Crippen molar-refractivity contribution < 1.29 is 41.8 Å². The molecular formula is C23H28ClF2N6O7P. The normalized spacial score (nSPS) is 25.1. The average Bonchev–Trinajstić information content (AvgIpc) is 3.42. The molecule has 218 valence electrons. The molecule has 3 heterocycles. The van der Waals surface area contributed by atoms with Crippen molar-refractivity contribution in [3.8, 4) is 5.75 Å². The number of aliphatic hydroxyl groups is 1. The highest BCUT2D eigenvalue weighted by Crippen LogP contribution is 2.48. The standard InChI is InChI=1S/C23H28ClF2N6O7P/c1-12(2)37-21(34)13(3)31-40(35,39-14-7-5-4-6-8-14)36-10-23(9-25)17(33)15(26)20(38-23)32-11-28-16-18(24)29-22(27)30-19(16)32/h4-8,11-13,15,17,20,33H,9-10H2,1-3H3,(H,31,35)(H2,27,29,30)/t13-,15+,17+,20-,23-,40?/m1/s1. The number of halogens is 3. The summed E-state index contributed by atoms with van der Waals surface area (Å²) in [6.45, 7) is 2.22. The van der Waals surface area contributed by atoms with Gasteiger partial charge in [-0.1, -0.05) is 29.8 Å². The van der Waals surface area contributed by atoms with Crippen molar-refractivity contribution in [2.45, 2.75) is 57.0 Å². The molecule has 0 saturated carbocycles. The Morgan fingerprint density at radius 2 is 2.02 bits per heavy atom. The van der Waals surface area contributed by atoms with Crippen molar-refractivity contribution in [2.75, 3.05) is 19.0 Å². The number of carbonyl (C=O) groups is 1. The van der Waals surface area contributed by atoms with E-state index in [9.17, 15) is 18.9 Å². The van der Waals surface area contributed by atoms with Gasteiger partial charge in [0.2, 0.25) is 5.95 Å². The molecule has 3 aromatic rings. The third-order valence-corrected chi connectivity index (χ3v) is 7.76. The van der Waals surface area contributed by atoms with Gasteiger partial charge in [0.05, 0.1) is 19.0 Å².